The molecule has 1 aromatic heterocycles. The number of hydrogen-bond acceptors (Lipinski definition) is 6. The first-order chi connectivity index (χ1) is 16.4. The van der Waals surface area contributed by atoms with Crippen molar-refractivity contribution in [1.29, 1.82) is 0 Å². The predicted octanol–water partition coefficient (Wildman–Crippen LogP) is 5.66. The molecule has 1 heterocycles. The zero-order valence-electron chi connectivity index (χ0n) is 20.1. The number of carbonyl (C=O) groups is 1. The van der Waals surface area contributed by atoms with Gasteiger partial charge in [-0.2, -0.15) is 0 Å². The van der Waals surface area contributed by atoms with Crippen LogP contribution >= 0.6 is 0 Å². The van der Waals surface area contributed by atoms with Gasteiger partial charge >= 0.3 is 6.09 Å². The number of methoxy groups -OCH3 is 2. The van der Waals surface area contributed by atoms with Crippen LogP contribution in [-0.2, 0) is 11.2 Å². The minimum absolute atomic E-state index is 0.326. The Morgan fingerprint density at radius 2 is 1.50 bits per heavy atom. The second-order valence-corrected chi connectivity index (χ2v) is 8.12. The van der Waals surface area contributed by atoms with Crippen LogP contribution in [0.1, 0.15) is 16.7 Å². The number of nitrogens with zero attached hydrogens (tertiary/aromatic N) is 1. The Bertz CT molecular complexity index is 1350. The number of hydrogen-bond donors (Lipinski definition) is 2. The molecule has 0 atom stereocenters. The molecule has 7 heteroatoms. The maximum atomic E-state index is 11.2. The number of carbonyl (C=O) groups excluding carboxylic acids is 1. The number of benzene rings is 3. The number of aromatic nitrogens is 1. The highest BCUT2D eigenvalue weighted by atomic mass is 16.5. The topological polar surface area (TPSA) is 81.7 Å². The molecule has 0 saturated carbocycles. The van der Waals surface area contributed by atoms with E-state index < -0.39 is 6.09 Å². The van der Waals surface area contributed by atoms with Crippen LogP contribution in [0.5, 0.6) is 11.5 Å². The number of alkyl carbamates (subject to hydrolysis) is 1. The van der Waals surface area contributed by atoms with Gasteiger partial charge in [0.1, 0.15) is 0 Å². The van der Waals surface area contributed by atoms with Crippen LogP contribution in [0.2, 0.25) is 0 Å². The Morgan fingerprint density at radius 1 is 0.882 bits per heavy atom. The van der Waals surface area contributed by atoms with Gasteiger partial charge < -0.3 is 24.8 Å². The van der Waals surface area contributed by atoms with E-state index in [9.17, 15) is 4.79 Å². The predicted molar refractivity (Wildman–Crippen MR) is 136 cm³/mol. The minimum atomic E-state index is -0.424. The van der Waals surface area contributed by atoms with E-state index >= 15 is 0 Å². The average Bonchev–Trinajstić information content (AvgIpc) is 2.85. The highest BCUT2D eigenvalue weighted by Gasteiger charge is 2.15. The second-order valence-electron chi connectivity index (χ2n) is 8.12. The number of rotatable bonds is 7. The van der Waals surface area contributed by atoms with Crippen molar-refractivity contribution in [1.82, 2.24) is 10.3 Å². The second kappa shape index (κ2) is 9.87. The number of fused-ring (bicyclic) bond motifs is 2. The summed E-state index contributed by atoms with van der Waals surface area (Å²) in [7, 11) is 4.80. The Labute approximate surface area is 199 Å². The number of pyridine rings is 1. The van der Waals surface area contributed by atoms with Gasteiger partial charge in [0.25, 0.3) is 0 Å². The Balaban J connectivity index is 1.75. The molecule has 0 saturated heterocycles. The molecular weight excluding hydrogens is 430 g/mol. The summed E-state index contributed by atoms with van der Waals surface area (Å²) in [4.78, 5) is 16.2. The molecule has 0 unspecified atom stereocenters. The summed E-state index contributed by atoms with van der Waals surface area (Å²) in [6, 6.07) is 16.2. The molecule has 3 aromatic carbocycles. The third-order valence-electron chi connectivity index (χ3n) is 5.94. The lowest BCUT2D eigenvalue weighted by Crippen LogP contribution is -2.20. The van der Waals surface area contributed by atoms with Crippen molar-refractivity contribution in [2.24, 2.45) is 0 Å². The molecule has 0 aliphatic heterocycles. The lowest BCUT2D eigenvalue weighted by Gasteiger charge is -2.17. The summed E-state index contributed by atoms with van der Waals surface area (Å²) in [6.45, 7) is 4.52. The highest BCUT2D eigenvalue weighted by molar-refractivity contribution is 6.09. The smallest absolute Gasteiger partial charge is 0.406 e. The number of nitrogens with one attached hydrogen (secondary N) is 2. The zero-order chi connectivity index (χ0) is 24.2. The first-order valence-corrected chi connectivity index (χ1v) is 11.1. The van der Waals surface area contributed by atoms with Crippen molar-refractivity contribution in [3.8, 4) is 11.5 Å². The number of aryl methyl sites for hydroxylation is 2. The summed E-state index contributed by atoms with van der Waals surface area (Å²) in [5.74, 6) is 1.29. The molecule has 0 bridgehead atoms. The molecule has 4 aromatic rings. The van der Waals surface area contributed by atoms with Crippen LogP contribution in [0.15, 0.2) is 48.5 Å². The van der Waals surface area contributed by atoms with Gasteiger partial charge in [-0.25, -0.2) is 9.78 Å². The molecular formula is C27H29N3O4. The standard InChI is InChI=1S/C27H29N3O4/c1-16-12-20-22(13-17(16)2)30-23-15-25(33-5)24(32-4)14-21(23)26(20)29-19-8-6-18(7-9-19)10-11-34-27(31)28-3/h6-9,12-15H,10-11H2,1-5H3,(H,28,31)(H,29,30). The fourth-order valence-electron chi connectivity index (χ4n) is 3.90. The number of amides is 1. The van der Waals surface area contributed by atoms with E-state index in [0.29, 0.717) is 24.5 Å². The molecule has 0 aliphatic rings. The van der Waals surface area contributed by atoms with E-state index in [2.05, 4.69) is 36.6 Å². The lowest BCUT2D eigenvalue weighted by atomic mass is 10.0. The molecule has 0 fully saturated rings. The Kier molecular flexibility index (Phi) is 6.72. The van der Waals surface area contributed by atoms with Crippen molar-refractivity contribution in [3.05, 3.63) is 65.2 Å². The molecule has 4 rings (SSSR count). The summed E-state index contributed by atoms with van der Waals surface area (Å²) in [5.41, 5.74) is 7.10. The fourth-order valence-corrected chi connectivity index (χ4v) is 3.90. The normalized spacial score (nSPS) is 10.9. The van der Waals surface area contributed by atoms with Crippen molar-refractivity contribution in [2.75, 3.05) is 33.2 Å². The quantitative estimate of drug-likeness (QED) is 0.347. The van der Waals surface area contributed by atoms with Crippen LogP contribution in [-0.4, -0.2) is 39.0 Å². The van der Waals surface area contributed by atoms with Crippen LogP contribution in [0.4, 0.5) is 16.2 Å². The molecule has 0 radical (unpaired) electrons. The van der Waals surface area contributed by atoms with E-state index in [1.807, 2.05) is 36.4 Å². The van der Waals surface area contributed by atoms with E-state index in [-0.39, 0.29) is 0 Å². The van der Waals surface area contributed by atoms with Gasteiger partial charge in [0.15, 0.2) is 11.5 Å². The number of ether oxygens (including phenoxy) is 3. The largest absolute Gasteiger partial charge is 0.493 e. The van der Waals surface area contributed by atoms with Gasteiger partial charge in [-0.3, -0.25) is 0 Å². The van der Waals surface area contributed by atoms with Crippen LogP contribution in [0.25, 0.3) is 21.8 Å². The van der Waals surface area contributed by atoms with Crippen molar-refractivity contribution in [3.63, 3.8) is 0 Å². The van der Waals surface area contributed by atoms with Crippen molar-refractivity contribution >= 4 is 39.3 Å². The van der Waals surface area contributed by atoms with Gasteiger partial charge in [0.05, 0.1) is 37.5 Å². The van der Waals surface area contributed by atoms with Crippen LogP contribution < -0.4 is 20.1 Å². The Hall–Kier alpha value is -4.00. The third kappa shape index (κ3) is 4.69. The van der Waals surface area contributed by atoms with Gasteiger partial charge in [0, 0.05) is 36.0 Å². The molecule has 0 spiro atoms. The summed E-state index contributed by atoms with van der Waals surface area (Å²) in [6.07, 6.45) is 0.219. The summed E-state index contributed by atoms with van der Waals surface area (Å²) in [5, 5.41) is 8.03. The van der Waals surface area contributed by atoms with Crippen LogP contribution in [0.3, 0.4) is 0 Å². The number of anilines is 2. The van der Waals surface area contributed by atoms with E-state index in [4.69, 9.17) is 19.2 Å². The molecule has 1 amide bonds. The maximum Gasteiger partial charge on any atom is 0.406 e. The third-order valence-corrected chi connectivity index (χ3v) is 5.94. The van der Waals surface area contributed by atoms with Crippen molar-refractivity contribution in [2.45, 2.75) is 20.3 Å². The van der Waals surface area contributed by atoms with E-state index in [1.54, 1.807) is 21.3 Å². The molecule has 0 aliphatic carbocycles. The highest BCUT2D eigenvalue weighted by Crippen LogP contribution is 2.39. The molecule has 176 valence electrons. The first-order valence-electron chi connectivity index (χ1n) is 11.1. The summed E-state index contributed by atoms with van der Waals surface area (Å²) >= 11 is 0. The Morgan fingerprint density at radius 3 is 2.18 bits per heavy atom. The fraction of sp³-hybridized carbons (Fsp3) is 0.259. The van der Waals surface area contributed by atoms with E-state index in [1.165, 1.54) is 11.1 Å². The first kappa shape index (κ1) is 23.2. The molecule has 2 N–H and O–H groups in total. The zero-order valence-corrected chi connectivity index (χ0v) is 20.1. The minimum Gasteiger partial charge on any atom is -0.493 e. The van der Waals surface area contributed by atoms with Gasteiger partial charge in [-0.1, -0.05) is 12.1 Å². The van der Waals surface area contributed by atoms with Gasteiger partial charge in [-0.05, 0) is 60.9 Å². The maximum absolute atomic E-state index is 11.2. The SMILES string of the molecule is CNC(=O)OCCc1ccc(Nc2c3cc(C)c(C)cc3nc3cc(OC)c(OC)cc23)cc1. The summed E-state index contributed by atoms with van der Waals surface area (Å²) < 4.78 is 16.1. The lowest BCUT2D eigenvalue weighted by molar-refractivity contribution is 0.150. The monoisotopic (exact) mass is 459 g/mol. The molecule has 34 heavy (non-hydrogen) atoms. The van der Waals surface area contributed by atoms with Gasteiger partial charge in [-0.15, -0.1) is 0 Å². The van der Waals surface area contributed by atoms with Crippen molar-refractivity contribution < 1.29 is 19.0 Å². The van der Waals surface area contributed by atoms with Gasteiger partial charge in [0.2, 0.25) is 0 Å². The average molecular weight is 460 g/mol. The van der Waals surface area contributed by atoms with E-state index in [0.717, 1.165) is 38.7 Å². The molecule has 7 nitrogen and oxygen atoms in total. The van der Waals surface area contributed by atoms with Crippen LogP contribution in [0, 0.1) is 13.8 Å².